The number of nitrogens with zero attached hydrogens (tertiary/aromatic N) is 2. The van der Waals surface area contributed by atoms with Gasteiger partial charge in [0.05, 0.1) is 6.20 Å². The number of aryl methyl sites for hydroxylation is 1. The summed E-state index contributed by atoms with van der Waals surface area (Å²) in [6.45, 7) is 5.05. The Balaban J connectivity index is 2.20. The van der Waals surface area contributed by atoms with Gasteiger partial charge in [0, 0.05) is 26.2 Å². The van der Waals surface area contributed by atoms with E-state index >= 15 is 0 Å². The molecule has 1 rings (SSSR count). The van der Waals surface area contributed by atoms with Crippen molar-refractivity contribution in [1.82, 2.24) is 15.1 Å². The van der Waals surface area contributed by atoms with Crippen molar-refractivity contribution in [2.45, 2.75) is 6.92 Å². The smallest absolute Gasteiger partial charge is 0.123 e. The molecule has 1 aromatic heterocycles. The monoisotopic (exact) mass is 168 g/mol. The molecule has 0 bridgehead atoms. The molecule has 2 N–H and O–H groups in total. The molecule has 0 aromatic carbocycles. The van der Waals surface area contributed by atoms with E-state index in [1.807, 2.05) is 17.8 Å². The molecule has 0 aliphatic heterocycles. The van der Waals surface area contributed by atoms with Crippen molar-refractivity contribution in [2.24, 2.45) is 7.05 Å². The van der Waals surface area contributed by atoms with Gasteiger partial charge in [-0.3, -0.25) is 4.68 Å². The van der Waals surface area contributed by atoms with Gasteiger partial charge in [-0.05, 0) is 6.54 Å². The van der Waals surface area contributed by atoms with E-state index in [2.05, 4.69) is 22.7 Å². The predicted octanol–water partition coefficient (Wildman–Crippen LogP) is 0.441. The lowest BCUT2D eigenvalue weighted by Gasteiger charge is -2.05. The summed E-state index contributed by atoms with van der Waals surface area (Å²) in [4.78, 5) is 0. The van der Waals surface area contributed by atoms with Crippen LogP contribution in [0.2, 0.25) is 0 Å². The van der Waals surface area contributed by atoms with E-state index in [0.717, 1.165) is 25.5 Å². The van der Waals surface area contributed by atoms with Crippen molar-refractivity contribution >= 4 is 5.82 Å². The maximum Gasteiger partial charge on any atom is 0.123 e. The number of hydrogen-bond acceptors (Lipinski definition) is 3. The maximum atomic E-state index is 4.05. The summed E-state index contributed by atoms with van der Waals surface area (Å²) in [6.07, 6.45) is 1.79. The van der Waals surface area contributed by atoms with Gasteiger partial charge >= 0.3 is 0 Å². The highest BCUT2D eigenvalue weighted by atomic mass is 15.3. The van der Waals surface area contributed by atoms with Crippen LogP contribution in [0.4, 0.5) is 5.82 Å². The molecule has 1 heterocycles. The fourth-order valence-corrected chi connectivity index (χ4v) is 1.00. The first-order valence-corrected chi connectivity index (χ1v) is 4.27. The molecule has 12 heavy (non-hydrogen) atoms. The molecule has 0 radical (unpaired) electrons. The van der Waals surface area contributed by atoms with E-state index in [4.69, 9.17) is 0 Å². The van der Waals surface area contributed by atoms with Crippen LogP contribution in [0.3, 0.4) is 0 Å². The lowest BCUT2D eigenvalue weighted by Crippen LogP contribution is -2.22. The van der Waals surface area contributed by atoms with Crippen molar-refractivity contribution in [1.29, 1.82) is 0 Å². The number of aromatic nitrogens is 2. The van der Waals surface area contributed by atoms with E-state index in [0.29, 0.717) is 0 Å². The molecule has 4 nitrogen and oxygen atoms in total. The lowest BCUT2D eigenvalue weighted by atomic mass is 10.5. The van der Waals surface area contributed by atoms with Crippen molar-refractivity contribution in [3.05, 3.63) is 12.3 Å². The third kappa shape index (κ3) is 2.54. The lowest BCUT2D eigenvalue weighted by molar-refractivity contribution is 0.724. The van der Waals surface area contributed by atoms with Gasteiger partial charge in [0.15, 0.2) is 0 Å². The van der Waals surface area contributed by atoms with Crippen molar-refractivity contribution in [2.75, 3.05) is 25.0 Å². The van der Waals surface area contributed by atoms with E-state index < -0.39 is 0 Å². The minimum absolute atomic E-state index is 0.938. The van der Waals surface area contributed by atoms with Gasteiger partial charge in [-0.25, -0.2) is 0 Å². The Bertz CT molecular complexity index is 219. The van der Waals surface area contributed by atoms with Gasteiger partial charge in [-0.1, -0.05) is 6.92 Å². The Kier molecular flexibility index (Phi) is 3.60. The normalized spacial score (nSPS) is 10.2. The van der Waals surface area contributed by atoms with Gasteiger partial charge in [-0.15, -0.1) is 0 Å². The van der Waals surface area contributed by atoms with Crippen LogP contribution in [0, 0.1) is 0 Å². The van der Waals surface area contributed by atoms with Crippen LogP contribution in [0.1, 0.15) is 6.92 Å². The first kappa shape index (κ1) is 9.06. The molecule has 0 aliphatic rings. The third-order valence-corrected chi connectivity index (χ3v) is 1.68. The summed E-state index contributed by atoms with van der Waals surface area (Å²) in [5.74, 6) is 1.06. The fraction of sp³-hybridized carbons (Fsp3) is 0.625. The Labute approximate surface area is 73.0 Å². The second kappa shape index (κ2) is 4.77. The quantitative estimate of drug-likeness (QED) is 0.627. The third-order valence-electron chi connectivity index (χ3n) is 1.68. The standard InChI is InChI=1S/C8H16N4/c1-3-9-6-7-10-8-4-5-11-12(8)2/h4-5,9-10H,3,6-7H2,1-2H3. The first-order chi connectivity index (χ1) is 5.84. The predicted molar refractivity (Wildman–Crippen MR) is 50.2 cm³/mol. The molecule has 0 amide bonds. The fourth-order valence-electron chi connectivity index (χ4n) is 1.00. The molecule has 0 aliphatic carbocycles. The minimum atomic E-state index is 0.938. The second-order valence-electron chi connectivity index (χ2n) is 2.62. The van der Waals surface area contributed by atoms with Crippen LogP contribution in [-0.2, 0) is 7.05 Å². The molecule has 0 unspecified atom stereocenters. The zero-order chi connectivity index (χ0) is 8.81. The number of anilines is 1. The van der Waals surface area contributed by atoms with Crippen LogP contribution in [0.15, 0.2) is 12.3 Å². The summed E-state index contributed by atoms with van der Waals surface area (Å²) < 4.78 is 1.83. The molecule has 0 saturated heterocycles. The van der Waals surface area contributed by atoms with Gasteiger partial charge in [-0.2, -0.15) is 5.10 Å². The summed E-state index contributed by atoms with van der Waals surface area (Å²) in [6, 6.07) is 1.96. The number of nitrogens with one attached hydrogen (secondary N) is 2. The Morgan fingerprint density at radius 3 is 2.92 bits per heavy atom. The molecule has 0 saturated carbocycles. The molecule has 0 spiro atoms. The molecule has 0 atom stereocenters. The summed E-state index contributed by atoms with van der Waals surface area (Å²) >= 11 is 0. The minimum Gasteiger partial charge on any atom is -0.369 e. The van der Waals surface area contributed by atoms with Gasteiger partial charge in [0.1, 0.15) is 5.82 Å². The van der Waals surface area contributed by atoms with Crippen LogP contribution in [0.25, 0.3) is 0 Å². The van der Waals surface area contributed by atoms with Crippen LogP contribution >= 0.6 is 0 Å². The highest BCUT2D eigenvalue weighted by molar-refractivity contribution is 5.33. The molecule has 68 valence electrons. The average molecular weight is 168 g/mol. The van der Waals surface area contributed by atoms with Crippen LogP contribution < -0.4 is 10.6 Å². The zero-order valence-electron chi connectivity index (χ0n) is 7.67. The second-order valence-corrected chi connectivity index (χ2v) is 2.62. The topological polar surface area (TPSA) is 41.9 Å². The molecular formula is C8H16N4. The van der Waals surface area contributed by atoms with Crippen LogP contribution in [0.5, 0.6) is 0 Å². The number of rotatable bonds is 5. The molecule has 1 aromatic rings. The van der Waals surface area contributed by atoms with Gasteiger partial charge < -0.3 is 10.6 Å². The Hall–Kier alpha value is -1.03. The molecule has 4 heteroatoms. The summed E-state index contributed by atoms with van der Waals surface area (Å²) in [5, 5.41) is 10.6. The van der Waals surface area contributed by atoms with Crippen molar-refractivity contribution in [3.63, 3.8) is 0 Å². The maximum absolute atomic E-state index is 4.05. The molecule has 0 fully saturated rings. The summed E-state index contributed by atoms with van der Waals surface area (Å²) in [7, 11) is 1.93. The van der Waals surface area contributed by atoms with E-state index in [9.17, 15) is 0 Å². The van der Waals surface area contributed by atoms with Crippen molar-refractivity contribution < 1.29 is 0 Å². The first-order valence-electron chi connectivity index (χ1n) is 4.27. The highest BCUT2D eigenvalue weighted by Gasteiger charge is 1.94. The highest BCUT2D eigenvalue weighted by Crippen LogP contribution is 2.01. The van der Waals surface area contributed by atoms with E-state index in [1.165, 1.54) is 0 Å². The van der Waals surface area contributed by atoms with Crippen molar-refractivity contribution in [3.8, 4) is 0 Å². The van der Waals surface area contributed by atoms with Gasteiger partial charge in [0.2, 0.25) is 0 Å². The summed E-state index contributed by atoms with van der Waals surface area (Å²) in [5.41, 5.74) is 0. The number of hydrogen-bond donors (Lipinski definition) is 2. The number of likely N-dealkylation sites (N-methyl/N-ethyl adjacent to an activating group) is 1. The Morgan fingerprint density at radius 2 is 2.33 bits per heavy atom. The zero-order valence-corrected chi connectivity index (χ0v) is 7.67. The average Bonchev–Trinajstić information content (AvgIpc) is 2.46. The Morgan fingerprint density at radius 1 is 1.50 bits per heavy atom. The largest absolute Gasteiger partial charge is 0.369 e. The SMILES string of the molecule is CCNCCNc1ccnn1C. The van der Waals surface area contributed by atoms with Crippen LogP contribution in [-0.4, -0.2) is 29.4 Å². The van der Waals surface area contributed by atoms with E-state index in [-0.39, 0.29) is 0 Å². The molecular weight excluding hydrogens is 152 g/mol. The van der Waals surface area contributed by atoms with E-state index in [1.54, 1.807) is 6.20 Å². The van der Waals surface area contributed by atoms with Gasteiger partial charge in [0.25, 0.3) is 0 Å².